The van der Waals surface area contributed by atoms with E-state index in [1.54, 1.807) is 18.2 Å². The van der Waals surface area contributed by atoms with Gasteiger partial charge < -0.3 is 0 Å². The second-order valence-corrected chi connectivity index (χ2v) is 7.15. The van der Waals surface area contributed by atoms with Crippen LogP contribution in [0.2, 0.25) is 5.02 Å². The highest BCUT2D eigenvalue weighted by Gasteiger charge is 2.31. The van der Waals surface area contributed by atoms with E-state index in [0.29, 0.717) is 28.2 Å². The van der Waals surface area contributed by atoms with Gasteiger partial charge in [-0.25, -0.2) is 8.42 Å². The molecule has 0 unspecified atom stereocenters. The summed E-state index contributed by atoms with van der Waals surface area (Å²) in [5.74, 6) is 0.995. The van der Waals surface area contributed by atoms with E-state index in [-0.39, 0.29) is 5.75 Å². The van der Waals surface area contributed by atoms with Gasteiger partial charge in [0.05, 0.1) is 10.6 Å². The molecule has 1 aliphatic rings. The average Bonchev–Trinajstić information content (AvgIpc) is 2.16. The summed E-state index contributed by atoms with van der Waals surface area (Å²) in [6.45, 7) is 4.24. The van der Waals surface area contributed by atoms with Crippen LogP contribution in [0, 0.1) is 5.92 Å². The van der Waals surface area contributed by atoms with Gasteiger partial charge in [-0.05, 0) is 42.0 Å². The van der Waals surface area contributed by atoms with Crippen molar-refractivity contribution in [2.24, 2.45) is 5.92 Å². The van der Waals surface area contributed by atoms with Crippen molar-refractivity contribution in [3.63, 3.8) is 0 Å². The molecule has 0 amide bonds. The lowest BCUT2D eigenvalue weighted by Crippen LogP contribution is -2.22. The first-order valence-electron chi connectivity index (χ1n) is 5.44. The second-order valence-electron chi connectivity index (χ2n) is 4.64. The molecule has 0 saturated heterocycles. The third-order valence-corrected chi connectivity index (χ3v) is 5.26. The lowest BCUT2D eigenvalue weighted by atomic mass is 9.86. The van der Waals surface area contributed by atoms with Crippen molar-refractivity contribution in [3.05, 3.63) is 28.8 Å². The van der Waals surface area contributed by atoms with Crippen LogP contribution in [0.1, 0.15) is 31.7 Å². The number of hydrogen-bond donors (Lipinski definition) is 0. The molecule has 0 N–H and O–H groups in total. The molecule has 0 saturated carbocycles. The predicted molar refractivity (Wildman–Crippen MR) is 65.7 cm³/mol. The molecule has 0 spiro atoms. The maximum atomic E-state index is 11.9. The summed E-state index contributed by atoms with van der Waals surface area (Å²) < 4.78 is 23.8. The van der Waals surface area contributed by atoms with Gasteiger partial charge in [-0.3, -0.25) is 0 Å². The van der Waals surface area contributed by atoms with E-state index in [2.05, 4.69) is 13.8 Å². The van der Waals surface area contributed by atoms with E-state index in [1.807, 2.05) is 0 Å². The summed E-state index contributed by atoms with van der Waals surface area (Å²) in [5, 5.41) is 0.613. The number of halogens is 1. The molecule has 0 radical (unpaired) electrons. The Morgan fingerprint density at radius 1 is 1.38 bits per heavy atom. The minimum Gasteiger partial charge on any atom is -0.224 e. The third-order valence-electron chi connectivity index (χ3n) is 3.21. The first kappa shape index (κ1) is 11.9. The molecule has 1 aromatic carbocycles. The normalized spacial score (nSPS) is 23.1. The molecule has 0 aromatic heterocycles. The lowest BCUT2D eigenvalue weighted by molar-refractivity contribution is 0.464. The van der Waals surface area contributed by atoms with Gasteiger partial charge in [0, 0.05) is 5.02 Å². The molecule has 1 atom stereocenters. The molecule has 1 aromatic rings. The zero-order valence-electron chi connectivity index (χ0n) is 9.40. The zero-order chi connectivity index (χ0) is 11.9. The van der Waals surface area contributed by atoms with Crippen molar-refractivity contribution in [2.75, 3.05) is 5.75 Å². The van der Waals surface area contributed by atoms with Crippen molar-refractivity contribution < 1.29 is 8.42 Å². The molecule has 0 aliphatic carbocycles. The van der Waals surface area contributed by atoms with Gasteiger partial charge in [-0.1, -0.05) is 25.4 Å². The molecule has 1 aliphatic heterocycles. The van der Waals surface area contributed by atoms with Gasteiger partial charge in [0.2, 0.25) is 0 Å². The van der Waals surface area contributed by atoms with Crippen molar-refractivity contribution >= 4 is 21.4 Å². The van der Waals surface area contributed by atoms with Crippen molar-refractivity contribution in [3.8, 4) is 0 Å². The van der Waals surface area contributed by atoms with E-state index in [0.717, 1.165) is 5.56 Å². The third kappa shape index (κ3) is 1.98. The van der Waals surface area contributed by atoms with Crippen LogP contribution in [-0.2, 0) is 9.84 Å². The Morgan fingerprint density at radius 3 is 2.69 bits per heavy atom. The van der Waals surface area contributed by atoms with E-state index >= 15 is 0 Å². The van der Waals surface area contributed by atoms with E-state index in [4.69, 9.17) is 11.6 Å². The van der Waals surface area contributed by atoms with Gasteiger partial charge in [-0.15, -0.1) is 0 Å². The molecule has 16 heavy (non-hydrogen) atoms. The fourth-order valence-corrected chi connectivity index (χ4v) is 4.14. The predicted octanol–water partition coefficient (Wildman–Crippen LogP) is 3.26. The van der Waals surface area contributed by atoms with E-state index in [1.165, 1.54) is 0 Å². The van der Waals surface area contributed by atoms with Crippen molar-refractivity contribution in [1.82, 2.24) is 0 Å². The van der Waals surface area contributed by atoms with Gasteiger partial charge in [-0.2, -0.15) is 0 Å². The van der Waals surface area contributed by atoms with Gasteiger partial charge in [0.25, 0.3) is 0 Å². The van der Waals surface area contributed by atoms with Crippen molar-refractivity contribution in [2.45, 2.75) is 31.1 Å². The summed E-state index contributed by atoms with van der Waals surface area (Å²) in [4.78, 5) is 0.474. The van der Waals surface area contributed by atoms with Crippen LogP contribution in [0.25, 0.3) is 0 Å². The van der Waals surface area contributed by atoms with E-state index < -0.39 is 9.84 Å². The number of sulfone groups is 1. The molecule has 0 bridgehead atoms. The molecular formula is C12H15ClO2S. The Hall–Kier alpha value is -0.540. The highest BCUT2D eigenvalue weighted by Crippen LogP contribution is 2.39. The zero-order valence-corrected chi connectivity index (χ0v) is 11.0. The van der Waals surface area contributed by atoms with Gasteiger partial charge in [0.1, 0.15) is 0 Å². The molecule has 4 heteroatoms. The fraction of sp³-hybridized carbons (Fsp3) is 0.500. The SMILES string of the molecule is CC(C)[C@@H]1CCS(=O)(=O)c2ccc(Cl)cc21. The molecule has 1 heterocycles. The van der Waals surface area contributed by atoms with Crippen LogP contribution >= 0.6 is 11.6 Å². The first-order chi connectivity index (χ1) is 7.42. The number of rotatable bonds is 1. The average molecular weight is 259 g/mol. The van der Waals surface area contributed by atoms with Crippen LogP contribution in [0.15, 0.2) is 23.1 Å². The maximum absolute atomic E-state index is 11.9. The number of fused-ring (bicyclic) bond motifs is 1. The van der Waals surface area contributed by atoms with Crippen LogP contribution < -0.4 is 0 Å². The Labute approximate surface area is 102 Å². The quantitative estimate of drug-likeness (QED) is 0.775. The summed E-state index contributed by atoms with van der Waals surface area (Å²) in [5.41, 5.74) is 0.897. The second kappa shape index (κ2) is 4.04. The van der Waals surface area contributed by atoms with Crippen LogP contribution in [0.4, 0.5) is 0 Å². The van der Waals surface area contributed by atoms with Crippen LogP contribution in [0.3, 0.4) is 0 Å². The highest BCUT2D eigenvalue weighted by atomic mass is 35.5. The van der Waals surface area contributed by atoms with Gasteiger partial charge >= 0.3 is 0 Å². The molecular weight excluding hydrogens is 244 g/mol. The largest absolute Gasteiger partial charge is 0.224 e. The Bertz CT molecular complexity index is 506. The highest BCUT2D eigenvalue weighted by molar-refractivity contribution is 7.91. The monoisotopic (exact) mass is 258 g/mol. The summed E-state index contributed by atoms with van der Waals surface area (Å²) in [7, 11) is -3.08. The molecule has 2 nitrogen and oxygen atoms in total. The minimum absolute atomic E-state index is 0.254. The van der Waals surface area contributed by atoms with E-state index in [9.17, 15) is 8.42 Å². The fourth-order valence-electron chi connectivity index (χ4n) is 2.33. The lowest BCUT2D eigenvalue weighted by Gasteiger charge is -2.28. The summed E-state index contributed by atoms with van der Waals surface area (Å²) >= 11 is 5.94. The molecule has 88 valence electrons. The van der Waals surface area contributed by atoms with Gasteiger partial charge in [0.15, 0.2) is 9.84 Å². The summed E-state index contributed by atoms with van der Waals surface area (Å²) in [6.07, 6.45) is 0.702. The Kier molecular flexibility index (Phi) is 3.01. The standard InChI is InChI=1S/C12H15ClO2S/c1-8(2)10-5-6-16(14,15)12-4-3-9(13)7-11(10)12/h3-4,7-8,10H,5-6H2,1-2H3/t10-/m0/s1. The molecule has 2 rings (SSSR count). The van der Waals surface area contributed by atoms with Crippen LogP contribution in [-0.4, -0.2) is 14.2 Å². The van der Waals surface area contributed by atoms with Crippen LogP contribution in [0.5, 0.6) is 0 Å². The topological polar surface area (TPSA) is 34.1 Å². The number of benzene rings is 1. The minimum atomic E-state index is -3.08. The molecule has 0 fully saturated rings. The Morgan fingerprint density at radius 2 is 2.06 bits per heavy atom. The first-order valence-corrected chi connectivity index (χ1v) is 7.47. The summed E-state index contributed by atoms with van der Waals surface area (Å²) in [6, 6.07) is 5.10. The smallest absolute Gasteiger partial charge is 0.178 e. The Balaban J connectivity index is 2.63. The van der Waals surface area contributed by atoms with Crippen molar-refractivity contribution in [1.29, 1.82) is 0 Å². The number of hydrogen-bond acceptors (Lipinski definition) is 2. The maximum Gasteiger partial charge on any atom is 0.178 e.